The molecule has 0 saturated heterocycles. The highest BCUT2D eigenvalue weighted by molar-refractivity contribution is 7.11. The number of nitrogens with one attached hydrogen (secondary N) is 1. The Balaban J connectivity index is 2.80. The molecule has 1 aromatic heterocycles. The zero-order valence-electron chi connectivity index (χ0n) is 12.1. The van der Waals surface area contributed by atoms with E-state index in [0.29, 0.717) is 5.56 Å². The molecule has 110 valence electrons. The smallest absolute Gasteiger partial charge is 0.328 e. The summed E-state index contributed by atoms with van der Waals surface area (Å²) in [5.74, 6) is -1.09. The molecule has 0 bridgehead atoms. The van der Waals surface area contributed by atoms with Gasteiger partial charge in [0.2, 0.25) is 0 Å². The van der Waals surface area contributed by atoms with Gasteiger partial charge in [0, 0.05) is 21.9 Å². The summed E-state index contributed by atoms with van der Waals surface area (Å²) in [6, 6.07) is 1.71. The Bertz CT molecular complexity index is 493. The van der Waals surface area contributed by atoms with Crippen LogP contribution in [0.5, 0.6) is 0 Å². The van der Waals surface area contributed by atoms with Crippen LogP contribution in [0.25, 0.3) is 6.08 Å². The van der Waals surface area contributed by atoms with E-state index in [2.05, 4.69) is 26.1 Å². The van der Waals surface area contributed by atoms with Gasteiger partial charge in [-0.05, 0) is 31.4 Å². The molecule has 1 rings (SSSR count). The summed E-state index contributed by atoms with van der Waals surface area (Å²) in [6.07, 6.45) is 5.24. The Kier molecular flexibility index (Phi) is 5.95. The fourth-order valence-corrected chi connectivity index (χ4v) is 2.82. The van der Waals surface area contributed by atoms with Crippen molar-refractivity contribution in [2.45, 2.75) is 45.6 Å². The second-order valence-electron chi connectivity index (χ2n) is 4.70. The molecule has 1 amide bonds. The van der Waals surface area contributed by atoms with E-state index >= 15 is 0 Å². The van der Waals surface area contributed by atoms with Crippen LogP contribution in [0.1, 0.15) is 55.3 Å². The Morgan fingerprint density at radius 3 is 2.40 bits per heavy atom. The van der Waals surface area contributed by atoms with Crippen LogP contribution in [0.3, 0.4) is 0 Å². The maximum Gasteiger partial charge on any atom is 0.328 e. The van der Waals surface area contributed by atoms with Gasteiger partial charge >= 0.3 is 5.97 Å². The predicted molar refractivity (Wildman–Crippen MR) is 82.1 cm³/mol. The van der Waals surface area contributed by atoms with E-state index in [4.69, 9.17) is 5.11 Å². The summed E-state index contributed by atoms with van der Waals surface area (Å²) >= 11 is 1.36. The third-order valence-corrected chi connectivity index (χ3v) is 4.58. The lowest BCUT2D eigenvalue weighted by Gasteiger charge is -2.31. The van der Waals surface area contributed by atoms with Crippen molar-refractivity contribution in [1.29, 1.82) is 0 Å². The largest absolute Gasteiger partial charge is 0.478 e. The summed E-state index contributed by atoms with van der Waals surface area (Å²) in [4.78, 5) is 23.5. The average Bonchev–Trinajstić information content (AvgIpc) is 2.91. The molecule has 1 aromatic rings. The third kappa shape index (κ3) is 4.20. The minimum Gasteiger partial charge on any atom is -0.478 e. The molecule has 0 saturated carbocycles. The number of hydrogen-bond donors (Lipinski definition) is 2. The lowest BCUT2D eigenvalue weighted by atomic mass is 9.89. The average molecular weight is 295 g/mol. The zero-order chi connectivity index (χ0) is 15.2. The van der Waals surface area contributed by atoms with Crippen LogP contribution in [0, 0.1) is 0 Å². The molecule has 0 aliphatic heterocycles. The molecule has 0 aromatic carbocycles. The second kappa shape index (κ2) is 7.24. The van der Waals surface area contributed by atoms with Gasteiger partial charge in [-0.25, -0.2) is 4.79 Å². The highest BCUT2D eigenvalue weighted by Gasteiger charge is 2.26. The minimum absolute atomic E-state index is 0.0956. The van der Waals surface area contributed by atoms with Crippen molar-refractivity contribution >= 4 is 29.3 Å². The second-order valence-corrected chi connectivity index (χ2v) is 5.65. The lowest BCUT2D eigenvalue weighted by Crippen LogP contribution is -2.47. The molecule has 0 spiro atoms. The van der Waals surface area contributed by atoms with Gasteiger partial charge in [-0.15, -0.1) is 11.3 Å². The molecule has 0 radical (unpaired) electrons. The fourth-order valence-electron chi connectivity index (χ4n) is 2.04. The van der Waals surface area contributed by atoms with Crippen molar-refractivity contribution < 1.29 is 14.7 Å². The first-order valence-corrected chi connectivity index (χ1v) is 7.66. The normalized spacial score (nSPS) is 11.8. The Labute approximate surface area is 123 Å². The SMILES string of the molecule is CCC(CC)(CC)NC(=O)c1csc(C=CC(=O)O)c1. The van der Waals surface area contributed by atoms with E-state index in [-0.39, 0.29) is 11.4 Å². The number of carbonyl (C=O) groups is 2. The monoisotopic (exact) mass is 295 g/mol. The molecule has 20 heavy (non-hydrogen) atoms. The van der Waals surface area contributed by atoms with Gasteiger partial charge in [0.25, 0.3) is 5.91 Å². The van der Waals surface area contributed by atoms with Crippen molar-refractivity contribution in [2.24, 2.45) is 0 Å². The number of carbonyl (C=O) groups excluding carboxylic acids is 1. The Hall–Kier alpha value is -1.62. The molecule has 5 heteroatoms. The summed E-state index contributed by atoms with van der Waals surface area (Å²) in [5.41, 5.74) is 0.426. The summed E-state index contributed by atoms with van der Waals surface area (Å²) < 4.78 is 0. The molecule has 0 unspecified atom stereocenters. The number of thiophene rings is 1. The molecular weight excluding hydrogens is 274 g/mol. The first-order chi connectivity index (χ1) is 9.46. The van der Waals surface area contributed by atoms with Crippen LogP contribution in [-0.4, -0.2) is 22.5 Å². The zero-order valence-corrected chi connectivity index (χ0v) is 12.9. The number of aliphatic carboxylic acids is 1. The van der Waals surface area contributed by atoms with Crippen LogP contribution in [-0.2, 0) is 4.79 Å². The van der Waals surface area contributed by atoms with E-state index in [1.807, 2.05) is 0 Å². The topological polar surface area (TPSA) is 66.4 Å². The van der Waals surface area contributed by atoms with E-state index in [0.717, 1.165) is 30.2 Å². The Morgan fingerprint density at radius 1 is 1.30 bits per heavy atom. The van der Waals surface area contributed by atoms with Gasteiger partial charge in [0.05, 0.1) is 5.56 Å². The standard InChI is InChI=1S/C15H21NO3S/c1-4-15(5-2,6-3)16-14(19)11-9-12(20-10-11)7-8-13(17)18/h7-10H,4-6H2,1-3H3,(H,16,19)(H,17,18). The van der Waals surface area contributed by atoms with Crippen molar-refractivity contribution in [2.75, 3.05) is 0 Å². The van der Waals surface area contributed by atoms with E-state index in [9.17, 15) is 9.59 Å². The quantitative estimate of drug-likeness (QED) is 0.756. The van der Waals surface area contributed by atoms with Crippen molar-refractivity contribution in [3.8, 4) is 0 Å². The maximum atomic E-state index is 12.2. The molecule has 0 aliphatic carbocycles. The van der Waals surface area contributed by atoms with Gasteiger partial charge in [0.15, 0.2) is 0 Å². The highest BCUT2D eigenvalue weighted by Crippen LogP contribution is 2.22. The summed E-state index contributed by atoms with van der Waals surface area (Å²) in [7, 11) is 0. The van der Waals surface area contributed by atoms with Gasteiger partial charge in [-0.3, -0.25) is 4.79 Å². The molecule has 0 aliphatic rings. The number of hydrogen-bond acceptors (Lipinski definition) is 3. The van der Waals surface area contributed by atoms with Crippen LogP contribution in [0.2, 0.25) is 0 Å². The number of carboxylic acid groups (broad SMARTS) is 1. The van der Waals surface area contributed by atoms with Crippen LogP contribution in [0.4, 0.5) is 0 Å². The van der Waals surface area contributed by atoms with Crippen LogP contribution < -0.4 is 5.32 Å². The van der Waals surface area contributed by atoms with E-state index in [1.165, 1.54) is 17.4 Å². The minimum atomic E-state index is -0.994. The molecule has 1 heterocycles. The van der Waals surface area contributed by atoms with Crippen molar-refractivity contribution in [3.63, 3.8) is 0 Å². The van der Waals surface area contributed by atoms with Crippen molar-refractivity contribution in [1.82, 2.24) is 5.32 Å². The van der Waals surface area contributed by atoms with Crippen LogP contribution in [0.15, 0.2) is 17.5 Å². The first-order valence-electron chi connectivity index (χ1n) is 6.78. The Morgan fingerprint density at radius 2 is 1.90 bits per heavy atom. The van der Waals surface area contributed by atoms with Gasteiger partial charge < -0.3 is 10.4 Å². The first kappa shape index (κ1) is 16.4. The summed E-state index contributed by atoms with van der Waals surface area (Å²) in [6.45, 7) is 6.21. The predicted octanol–water partition coefficient (Wildman–Crippen LogP) is 3.54. The third-order valence-electron chi connectivity index (χ3n) is 3.68. The van der Waals surface area contributed by atoms with E-state index in [1.54, 1.807) is 11.4 Å². The molecule has 0 fully saturated rings. The summed E-state index contributed by atoms with van der Waals surface area (Å²) in [5, 5.41) is 13.4. The molecular formula is C15H21NO3S. The van der Waals surface area contributed by atoms with Gasteiger partial charge in [-0.2, -0.15) is 0 Å². The molecule has 4 nitrogen and oxygen atoms in total. The van der Waals surface area contributed by atoms with Crippen LogP contribution >= 0.6 is 11.3 Å². The maximum absolute atomic E-state index is 12.2. The van der Waals surface area contributed by atoms with Gasteiger partial charge in [0.1, 0.15) is 0 Å². The van der Waals surface area contributed by atoms with E-state index < -0.39 is 5.97 Å². The fraction of sp³-hybridized carbons (Fsp3) is 0.467. The lowest BCUT2D eigenvalue weighted by molar-refractivity contribution is -0.131. The molecule has 0 atom stereocenters. The number of amides is 1. The molecule has 2 N–H and O–H groups in total. The number of rotatable bonds is 7. The number of carboxylic acids is 1. The van der Waals surface area contributed by atoms with Gasteiger partial charge in [-0.1, -0.05) is 20.8 Å². The highest BCUT2D eigenvalue weighted by atomic mass is 32.1. The van der Waals surface area contributed by atoms with Crippen molar-refractivity contribution in [3.05, 3.63) is 28.0 Å².